The van der Waals surface area contributed by atoms with Gasteiger partial charge in [-0.05, 0) is 11.1 Å². The molecule has 0 aliphatic carbocycles. The standard InChI is InChI=1S/C11H12O3S/c1-8(12)15-7-10-4-2-9(3-5-10)6-11(13)14/h2-5H,6-7H2,1H3,(H,13,14). The van der Waals surface area contributed by atoms with Crippen molar-refractivity contribution < 1.29 is 14.7 Å². The minimum Gasteiger partial charge on any atom is -0.481 e. The molecule has 80 valence electrons. The van der Waals surface area contributed by atoms with Crippen molar-refractivity contribution in [1.82, 2.24) is 0 Å². The minimum atomic E-state index is -0.833. The lowest BCUT2D eigenvalue weighted by Crippen LogP contribution is -1.99. The van der Waals surface area contributed by atoms with Crippen LogP contribution in [0.1, 0.15) is 18.1 Å². The van der Waals surface area contributed by atoms with Crippen LogP contribution in [-0.4, -0.2) is 16.2 Å². The van der Waals surface area contributed by atoms with Crippen molar-refractivity contribution in [3.05, 3.63) is 35.4 Å². The predicted molar refractivity (Wildman–Crippen MR) is 59.8 cm³/mol. The maximum atomic E-state index is 10.7. The molecule has 0 saturated heterocycles. The molecular formula is C11H12O3S. The summed E-state index contributed by atoms with van der Waals surface area (Å²) in [5.74, 6) is -0.191. The summed E-state index contributed by atoms with van der Waals surface area (Å²) in [4.78, 5) is 21.1. The fraction of sp³-hybridized carbons (Fsp3) is 0.273. The summed E-state index contributed by atoms with van der Waals surface area (Å²) in [6.45, 7) is 1.53. The number of carbonyl (C=O) groups excluding carboxylic acids is 1. The van der Waals surface area contributed by atoms with Crippen molar-refractivity contribution in [2.45, 2.75) is 19.1 Å². The Morgan fingerprint density at radius 1 is 1.20 bits per heavy atom. The number of thioether (sulfide) groups is 1. The quantitative estimate of drug-likeness (QED) is 0.850. The largest absolute Gasteiger partial charge is 0.481 e. The number of carboxylic acid groups (broad SMARTS) is 1. The van der Waals surface area contributed by atoms with Gasteiger partial charge in [0.05, 0.1) is 6.42 Å². The highest BCUT2D eigenvalue weighted by molar-refractivity contribution is 8.12. The molecule has 1 rings (SSSR count). The summed E-state index contributed by atoms with van der Waals surface area (Å²) in [7, 11) is 0. The van der Waals surface area contributed by atoms with Crippen molar-refractivity contribution in [2.75, 3.05) is 0 Å². The third kappa shape index (κ3) is 4.65. The van der Waals surface area contributed by atoms with Gasteiger partial charge in [-0.15, -0.1) is 0 Å². The van der Waals surface area contributed by atoms with Gasteiger partial charge in [-0.3, -0.25) is 9.59 Å². The first-order chi connectivity index (χ1) is 7.08. The van der Waals surface area contributed by atoms with E-state index in [0.29, 0.717) is 5.75 Å². The summed E-state index contributed by atoms with van der Waals surface area (Å²) >= 11 is 1.25. The molecule has 0 amide bonds. The summed E-state index contributed by atoms with van der Waals surface area (Å²) in [6.07, 6.45) is 0.0418. The Morgan fingerprint density at radius 3 is 2.20 bits per heavy atom. The van der Waals surface area contributed by atoms with Gasteiger partial charge in [0.25, 0.3) is 0 Å². The maximum absolute atomic E-state index is 10.7. The van der Waals surface area contributed by atoms with E-state index >= 15 is 0 Å². The second-order valence-corrected chi connectivity index (χ2v) is 4.32. The Hall–Kier alpha value is -1.29. The highest BCUT2D eigenvalue weighted by Crippen LogP contribution is 2.13. The Bertz CT molecular complexity index is 357. The molecule has 1 aromatic carbocycles. The zero-order valence-corrected chi connectivity index (χ0v) is 9.21. The van der Waals surface area contributed by atoms with Gasteiger partial charge in [0.2, 0.25) is 0 Å². The summed E-state index contributed by atoms with van der Waals surface area (Å²) in [6, 6.07) is 7.27. The van der Waals surface area contributed by atoms with Crippen LogP contribution in [-0.2, 0) is 21.8 Å². The molecule has 0 spiro atoms. The van der Waals surface area contributed by atoms with E-state index in [4.69, 9.17) is 5.11 Å². The van der Waals surface area contributed by atoms with Crippen LogP contribution in [0.15, 0.2) is 24.3 Å². The third-order valence-corrected chi connectivity index (χ3v) is 2.70. The molecule has 4 heteroatoms. The van der Waals surface area contributed by atoms with E-state index in [1.807, 2.05) is 12.1 Å². The Labute approximate surface area is 92.5 Å². The van der Waals surface area contributed by atoms with Gasteiger partial charge in [-0.1, -0.05) is 36.0 Å². The monoisotopic (exact) mass is 224 g/mol. The SMILES string of the molecule is CC(=O)SCc1ccc(CC(=O)O)cc1. The van der Waals surface area contributed by atoms with Crippen molar-refractivity contribution in [3.63, 3.8) is 0 Å². The van der Waals surface area contributed by atoms with Crippen molar-refractivity contribution >= 4 is 22.8 Å². The van der Waals surface area contributed by atoms with E-state index in [1.54, 1.807) is 12.1 Å². The molecule has 0 fully saturated rings. The van der Waals surface area contributed by atoms with Crippen LogP contribution in [0.5, 0.6) is 0 Å². The number of hydrogen-bond donors (Lipinski definition) is 1. The molecule has 0 unspecified atom stereocenters. The molecule has 0 aliphatic rings. The first kappa shape index (κ1) is 11.8. The van der Waals surface area contributed by atoms with E-state index in [2.05, 4.69) is 0 Å². The molecule has 3 nitrogen and oxygen atoms in total. The second-order valence-electron chi connectivity index (χ2n) is 3.17. The van der Waals surface area contributed by atoms with Crippen LogP contribution < -0.4 is 0 Å². The maximum Gasteiger partial charge on any atom is 0.307 e. The van der Waals surface area contributed by atoms with Crippen molar-refractivity contribution in [2.24, 2.45) is 0 Å². The predicted octanol–water partition coefficient (Wildman–Crippen LogP) is 2.09. The molecule has 0 aromatic heterocycles. The molecule has 15 heavy (non-hydrogen) atoms. The summed E-state index contributed by atoms with van der Waals surface area (Å²) in [5, 5.41) is 8.65. The molecule has 0 radical (unpaired) electrons. The number of carboxylic acids is 1. The van der Waals surface area contributed by atoms with Gasteiger partial charge in [-0.25, -0.2) is 0 Å². The second kappa shape index (κ2) is 5.56. The number of benzene rings is 1. The molecule has 0 heterocycles. The number of rotatable bonds is 4. The molecule has 0 bridgehead atoms. The van der Waals surface area contributed by atoms with Gasteiger partial charge in [0.1, 0.15) is 0 Å². The van der Waals surface area contributed by atoms with Crippen LogP contribution in [0.25, 0.3) is 0 Å². The van der Waals surface area contributed by atoms with Crippen LogP contribution in [0.4, 0.5) is 0 Å². The highest BCUT2D eigenvalue weighted by Gasteiger charge is 2.01. The summed E-state index contributed by atoms with van der Waals surface area (Å²) in [5.41, 5.74) is 1.81. The van der Waals surface area contributed by atoms with Gasteiger partial charge < -0.3 is 5.11 Å². The zero-order chi connectivity index (χ0) is 11.3. The van der Waals surface area contributed by atoms with Gasteiger partial charge in [0.15, 0.2) is 5.12 Å². The minimum absolute atomic E-state index is 0.0418. The fourth-order valence-electron chi connectivity index (χ4n) is 1.11. The molecule has 1 N–H and O–H groups in total. The first-order valence-electron chi connectivity index (χ1n) is 4.51. The van der Waals surface area contributed by atoms with E-state index in [-0.39, 0.29) is 11.5 Å². The first-order valence-corrected chi connectivity index (χ1v) is 5.49. The smallest absolute Gasteiger partial charge is 0.307 e. The molecular weight excluding hydrogens is 212 g/mol. The van der Waals surface area contributed by atoms with Crippen LogP contribution in [0.2, 0.25) is 0 Å². The van der Waals surface area contributed by atoms with Gasteiger partial charge in [0, 0.05) is 12.7 Å². The normalized spacial score (nSPS) is 9.93. The Kier molecular flexibility index (Phi) is 4.37. The Balaban J connectivity index is 2.56. The average Bonchev–Trinajstić information content (AvgIpc) is 2.16. The zero-order valence-electron chi connectivity index (χ0n) is 8.40. The molecule has 0 aliphatic heterocycles. The van der Waals surface area contributed by atoms with E-state index in [1.165, 1.54) is 18.7 Å². The number of aliphatic carboxylic acids is 1. The van der Waals surface area contributed by atoms with Gasteiger partial charge in [-0.2, -0.15) is 0 Å². The third-order valence-electron chi connectivity index (χ3n) is 1.82. The van der Waals surface area contributed by atoms with Crippen molar-refractivity contribution in [1.29, 1.82) is 0 Å². The lowest BCUT2D eigenvalue weighted by atomic mass is 10.1. The lowest BCUT2D eigenvalue weighted by Gasteiger charge is -2.00. The van der Waals surface area contributed by atoms with E-state index in [0.717, 1.165) is 11.1 Å². The van der Waals surface area contributed by atoms with E-state index in [9.17, 15) is 9.59 Å². The average molecular weight is 224 g/mol. The highest BCUT2D eigenvalue weighted by atomic mass is 32.2. The van der Waals surface area contributed by atoms with Crippen LogP contribution >= 0.6 is 11.8 Å². The lowest BCUT2D eigenvalue weighted by molar-refractivity contribution is -0.136. The Morgan fingerprint density at radius 2 is 1.73 bits per heavy atom. The van der Waals surface area contributed by atoms with E-state index < -0.39 is 5.97 Å². The molecule has 1 aromatic rings. The van der Waals surface area contributed by atoms with Gasteiger partial charge >= 0.3 is 5.97 Å². The van der Waals surface area contributed by atoms with Crippen LogP contribution in [0.3, 0.4) is 0 Å². The van der Waals surface area contributed by atoms with Crippen molar-refractivity contribution in [3.8, 4) is 0 Å². The number of carbonyl (C=O) groups is 2. The summed E-state index contributed by atoms with van der Waals surface area (Å²) < 4.78 is 0. The fourth-order valence-corrected chi connectivity index (χ4v) is 1.68. The molecule has 0 saturated carbocycles. The molecule has 0 atom stereocenters. The topological polar surface area (TPSA) is 54.4 Å². The number of hydrogen-bond acceptors (Lipinski definition) is 3. The van der Waals surface area contributed by atoms with Crippen LogP contribution in [0, 0.1) is 0 Å².